The first kappa shape index (κ1) is 14.6. The maximum atomic E-state index is 6.36. The number of imidazole rings is 1. The molecule has 0 N–H and O–H groups in total. The SMILES string of the molecule is CCCn1c(CC2=CC(Cl)CCCC2)nc2ccccc21. The third kappa shape index (κ3) is 3.32. The van der Waals surface area contributed by atoms with Crippen LogP contribution in [0.4, 0.5) is 0 Å². The Morgan fingerprint density at radius 2 is 2.14 bits per heavy atom. The molecule has 0 saturated heterocycles. The molecule has 21 heavy (non-hydrogen) atoms. The molecular weight excluding hydrogens is 280 g/mol. The molecule has 0 aliphatic heterocycles. The first-order chi connectivity index (χ1) is 10.3. The monoisotopic (exact) mass is 302 g/mol. The number of aromatic nitrogens is 2. The summed E-state index contributed by atoms with van der Waals surface area (Å²) in [7, 11) is 0. The maximum Gasteiger partial charge on any atom is 0.113 e. The molecular formula is C18H23ClN2. The highest BCUT2D eigenvalue weighted by molar-refractivity contribution is 6.21. The molecule has 1 aliphatic carbocycles. The average molecular weight is 303 g/mol. The van der Waals surface area contributed by atoms with E-state index < -0.39 is 0 Å². The van der Waals surface area contributed by atoms with Crippen LogP contribution in [0.1, 0.15) is 44.9 Å². The smallest absolute Gasteiger partial charge is 0.113 e. The molecule has 0 amide bonds. The minimum absolute atomic E-state index is 0.200. The zero-order valence-electron chi connectivity index (χ0n) is 12.7. The summed E-state index contributed by atoms with van der Waals surface area (Å²) in [6, 6.07) is 8.44. The molecule has 1 aromatic heterocycles. The van der Waals surface area contributed by atoms with Gasteiger partial charge in [-0.3, -0.25) is 0 Å². The summed E-state index contributed by atoms with van der Waals surface area (Å²) in [5, 5.41) is 0.200. The molecule has 3 heteroatoms. The lowest BCUT2D eigenvalue weighted by atomic mass is 10.1. The summed E-state index contributed by atoms with van der Waals surface area (Å²) < 4.78 is 2.38. The van der Waals surface area contributed by atoms with Crippen LogP contribution in [0.15, 0.2) is 35.9 Å². The second-order valence-electron chi connectivity index (χ2n) is 5.93. The molecule has 0 radical (unpaired) electrons. The van der Waals surface area contributed by atoms with Crippen molar-refractivity contribution >= 4 is 22.6 Å². The van der Waals surface area contributed by atoms with Crippen molar-refractivity contribution in [2.75, 3.05) is 0 Å². The Balaban J connectivity index is 1.93. The number of halogens is 1. The van der Waals surface area contributed by atoms with Crippen LogP contribution < -0.4 is 0 Å². The first-order valence-electron chi connectivity index (χ1n) is 8.05. The summed E-state index contributed by atoms with van der Waals surface area (Å²) >= 11 is 6.36. The van der Waals surface area contributed by atoms with Crippen LogP contribution in [0.5, 0.6) is 0 Å². The van der Waals surface area contributed by atoms with Gasteiger partial charge in [0.1, 0.15) is 5.82 Å². The van der Waals surface area contributed by atoms with E-state index in [-0.39, 0.29) is 5.38 Å². The molecule has 0 spiro atoms. The van der Waals surface area contributed by atoms with E-state index in [1.54, 1.807) is 0 Å². The third-order valence-electron chi connectivity index (χ3n) is 4.21. The van der Waals surface area contributed by atoms with Crippen molar-refractivity contribution in [3.8, 4) is 0 Å². The number of aryl methyl sites for hydroxylation is 1. The molecule has 0 fully saturated rings. The molecule has 0 bridgehead atoms. The van der Waals surface area contributed by atoms with Crippen molar-refractivity contribution in [1.82, 2.24) is 9.55 Å². The fourth-order valence-corrected chi connectivity index (χ4v) is 3.53. The Labute approximate surface area is 131 Å². The van der Waals surface area contributed by atoms with Crippen molar-refractivity contribution in [2.45, 2.75) is 57.4 Å². The van der Waals surface area contributed by atoms with Crippen molar-refractivity contribution in [3.63, 3.8) is 0 Å². The summed E-state index contributed by atoms with van der Waals surface area (Å²) in [6.45, 7) is 3.26. The Bertz CT molecular complexity index is 642. The number of alkyl halides is 1. The van der Waals surface area contributed by atoms with E-state index in [1.165, 1.54) is 36.2 Å². The molecule has 2 aromatic rings. The van der Waals surface area contributed by atoms with Crippen LogP contribution in [-0.4, -0.2) is 14.9 Å². The maximum absolute atomic E-state index is 6.36. The summed E-state index contributed by atoms with van der Waals surface area (Å²) in [4.78, 5) is 4.86. The lowest BCUT2D eigenvalue weighted by Gasteiger charge is -2.10. The zero-order chi connectivity index (χ0) is 14.7. The van der Waals surface area contributed by atoms with E-state index in [0.717, 1.165) is 31.3 Å². The molecule has 3 rings (SSSR count). The molecule has 112 valence electrons. The predicted octanol–water partition coefficient (Wildman–Crippen LogP) is 5.10. The number of rotatable bonds is 4. The zero-order valence-corrected chi connectivity index (χ0v) is 13.4. The van der Waals surface area contributed by atoms with Crippen molar-refractivity contribution in [2.24, 2.45) is 0 Å². The topological polar surface area (TPSA) is 17.8 Å². The second-order valence-corrected chi connectivity index (χ2v) is 6.49. The lowest BCUT2D eigenvalue weighted by Crippen LogP contribution is -2.05. The number of benzene rings is 1. The fraction of sp³-hybridized carbons (Fsp3) is 0.500. The van der Waals surface area contributed by atoms with Crippen LogP contribution in [0, 0.1) is 0 Å². The van der Waals surface area contributed by atoms with E-state index >= 15 is 0 Å². The second kappa shape index (κ2) is 6.65. The van der Waals surface area contributed by atoms with Gasteiger partial charge in [-0.2, -0.15) is 0 Å². The van der Waals surface area contributed by atoms with Gasteiger partial charge < -0.3 is 4.57 Å². The highest BCUT2D eigenvalue weighted by Gasteiger charge is 2.14. The third-order valence-corrected chi connectivity index (χ3v) is 4.55. The molecule has 0 saturated carbocycles. The number of fused-ring (bicyclic) bond motifs is 1. The van der Waals surface area contributed by atoms with Crippen LogP contribution in [0.3, 0.4) is 0 Å². The molecule has 1 atom stereocenters. The summed E-state index contributed by atoms with van der Waals surface area (Å²) in [5.41, 5.74) is 3.82. The van der Waals surface area contributed by atoms with Crippen molar-refractivity contribution < 1.29 is 0 Å². The number of nitrogens with zero attached hydrogens (tertiary/aromatic N) is 2. The van der Waals surface area contributed by atoms with Gasteiger partial charge in [-0.15, -0.1) is 11.6 Å². The standard InChI is InChI=1S/C18H23ClN2/c1-2-11-21-17-10-6-5-9-16(17)20-18(21)13-14-7-3-4-8-15(19)12-14/h5-6,9-10,12,15H,2-4,7-8,11,13H2,1H3. The van der Waals surface area contributed by atoms with Gasteiger partial charge in [0.15, 0.2) is 0 Å². The minimum Gasteiger partial charge on any atom is -0.328 e. The van der Waals surface area contributed by atoms with E-state index in [9.17, 15) is 0 Å². The van der Waals surface area contributed by atoms with Gasteiger partial charge in [0, 0.05) is 13.0 Å². The van der Waals surface area contributed by atoms with Crippen LogP contribution in [-0.2, 0) is 13.0 Å². The van der Waals surface area contributed by atoms with Crippen LogP contribution in [0.2, 0.25) is 0 Å². The first-order valence-corrected chi connectivity index (χ1v) is 8.49. The van der Waals surface area contributed by atoms with Gasteiger partial charge in [-0.1, -0.05) is 37.1 Å². The van der Waals surface area contributed by atoms with E-state index in [2.05, 4.69) is 41.8 Å². The van der Waals surface area contributed by atoms with Gasteiger partial charge >= 0.3 is 0 Å². The molecule has 2 nitrogen and oxygen atoms in total. The molecule has 1 aliphatic rings. The number of allylic oxidation sites excluding steroid dienone is 2. The van der Waals surface area contributed by atoms with E-state index in [0.29, 0.717) is 0 Å². The molecule has 1 heterocycles. The van der Waals surface area contributed by atoms with Gasteiger partial charge in [0.05, 0.1) is 16.4 Å². The number of hydrogen-bond acceptors (Lipinski definition) is 1. The normalized spacial score (nSPS) is 19.5. The minimum atomic E-state index is 0.200. The Morgan fingerprint density at radius 1 is 1.29 bits per heavy atom. The Morgan fingerprint density at radius 3 is 3.00 bits per heavy atom. The van der Waals surface area contributed by atoms with Crippen molar-refractivity contribution in [1.29, 1.82) is 0 Å². The van der Waals surface area contributed by atoms with Gasteiger partial charge in [0.25, 0.3) is 0 Å². The van der Waals surface area contributed by atoms with Gasteiger partial charge in [-0.05, 0) is 37.8 Å². The highest BCUT2D eigenvalue weighted by Crippen LogP contribution is 2.25. The Hall–Kier alpha value is -1.28. The fourth-order valence-electron chi connectivity index (χ4n) is 3.20. The summed E-state index contributed by atoms with van der Waals surface area (Å²) in [6.07, 6.45) is 9.10. The largest absolute Gasteiger partial charge is 0.328 e. The van der Waals surface area contributed by atoms with Gasteiger partial charge in [0.2, 0.25) is 0 Å². The lowest BCUT2D eigenvalue weighted by molar-refractivity contribution is 0.654. The number of hydrogen-bond donors (Lipinski definition) is 0. The van der Waals surface area contributed by atoms with E-state index in [4.69, 9.17) is 16.6 Å². The van der Waals surface area contributed by atoms with Crippen LogP contribution >= 0.6 is 11.6 Å². The molecule has 1 unspecified atom stereocenters. The van der Waals surface area contributed by atoms with Gasteiger partial charge in [-0.25, -0.2) is 4.98 Å². The summed E-state index contributed by atoms with van der Waals surface area (Å²) in [5.74, 6) is 1.19. The predicted molar refractivity (Wildman–Crippen MR) is 89.9 cm³/mol. The number of para-hydroxylation sites is 2. The van der Waals surface area contributed by atoms with Crippen molar-refractivity contribution in [3.05, 3.63) is 41.7 Å². The Kier molecular flexibility index (Phi) is 4.64. The van der Waals surface area contributed by atoms with Crippen LogP contribution in [0.25, 0.3) is 11.0 Å². The average Bonchev–Trinajstić information content (AvgIpc) is 2.67. The molecule has 1 aromatic carbocycles. The highest BCUT2D eigenvalue weighted by atomic mass is 35.5. The quantitative estimate of drug-likeness (QED) is 0.568. The van der Waals surface area contributed by atoms with E-state index in [1.807, 2.05) is 0 Å².